The summed E-state index contributed by atoms with van der Waals surface area (Å²) in [6.07, 6.45) is 0. The first kappa shape index (κ1) is 23.0. The fourth-order valence-corrected chi connectivity index (χ4v) is 4.63. The molecular weight excluding hydrogens is 416 g/mol. The summed E-state index contributed by atoms with van der Waals surface area (Å²) in [6.45, 7) is 3.29. The number of benzene rings is 2. The third-order valence-electron chi connectivity index (χ3n) is 4.42. The molecule has 0 aromatic heterocycles. The Morgan fingerprint density at radius 2 is 1.79 bits per heavy atom. The number of para-hydroxylation sites is 1. The first-order chi connectivity index (χ1) is 13.7. The maximum atomic E-state index is 12.9. The van der Waals surface area contributed by atoms with Crippen LogP contribution in [0.2, 0.25) is 5.02 Å². The summed E-state index contributed by atoms with van der Waals surface area (Å²) in [6, 6.07) is 11.2. The molecule has 29 heavy (non-hydrogen) atoms. The van der Waals surface area contributed by atoms with Crippen LogP contribution in [0.1, 0.15) is 25.5 Å². The molecule has 0 saturated carbocycles. The van der Waals surface area contributed by atoms with Gasteiger partial charge in [0.05, 0.1) is 36.7 Å². The molecule has 9 heteroatoms. The second kappa shape index (κ2) is 9.96. The van der Waals surface area contributed by atoms with Gasteiger partial charge in [-0.1, -0.05) is 36.7 Å². The first-order valence-corrected chi connectivity index (χ1v) is 10.8. The lowest BCUT2D eigenvalue weighted by atomic mass is 10.1. The number of carbonyl (C=O) groups excluding carboxylic acids is 1. The molecular formula is C20H25ClN2O5S. The zero-order chi connectivity index (χ0) is 21.6. The number of hydrogen-bond donors (Lipinski definition) is 1. The third-order valence-corrected chi connectivity index (χ3v) is 6.63. The van der Waals surface area contributed by atoms with E-state index in [1.807, 2.05) is 25.1 Å². The van der Waals surface area contributed by atoms with Crippen LogP contribution < -0.4 is 14.8 Å². The van der Waals surface area contributed by atoms with Gasteiger partial charge in [0.15, 0.2) is 0 Å². The molecule has 2 rings (SSSR count). The van der Waals surface area contributed by atoms with E-state index in [1.165, 1.54) is 25.3 Å². The predicted octanol–water partition coefficient (Wildman–Crippen LogP) is 3.25. The smallest absolute Gasteiger partial charge is 0.243 e. The van der Waals surface area contributed by atoms with Crippen LogP contribution in [-0.2, 0) is 14.8 Å². The monoisotopic (exact) mass is 440 g/mol. The Kier molecular flexibility index (Phi) is 7.89. The van der Waals surface area contributed by atoms with E-state index in [-0.39, 0.29) is 29.0 Å². The number of hydrogen-bond acceptors (Lipinski definition) is 5. The molecule has 0 saturated heterocycles. The second-order valence-electron chi connectivity index (χ2n) is 6.26. The van der Waals surface area contributed by atoms with Gasteiger partial charge in [0, 0.05) is 12.1 Å². The molecule has 0 aliphatic heterocycles. The largest absolute Gasteiger partial charge is 0.496 e. The molecule has 0 heterocycles. The van der Waals surface area contributed by atoms with E-state index < -0.39 is 15.9 Å². The number of halogens is 1. The van der Waals surface area contributed by atoms with Gasteiger partial charge in [-0.15, -0.1) is 0 Å². The zero-order valence-electron chi connectivity index (χ0n) is 16.8. The van der Waals surface area contributed by atoms with Gasteiger partial charge in [0.1, 0.15) is 11.5 Å². The number of rotatable bonds is 9. The van der Waals surface area contributed by atoms with Crippen LogP contribution in [0.25, 0.3) is 0 Å². The van der Waals surface area contributed by atoms with Crippen LogP contribution >= 0.6 is 11.6 Å². The van der Waals surface area contributed by atoms with Gasteiger partial charge in [-0.2, -0.15) is 4.31 Å². The van der Waals surface area contributed by atoms with Gasteiger partial charge in [0.25, 0.3) is 0 Å². The SMILES string of the molecule is CCN(CC(=O)N[C@H](C)c1ccccc1OC)S(=O)(=O)c1ccc(OC)c(Cl)c1. The summed E-state index contributed by atoms with van der Waals surface area (Å²) in [4.78, 5) is 12.5. The topological polar surface area (TPSA) is 84.9 Å². The Morgan fingerprint density at radius 3 is 2.38 bits per heavy atom. The molecule has 0 aliphatic carbocycles. The van der Waals surface area contributed by atoms with Crippen molar-refractivity contribution in [3.63, 3.8) is 0 Å². The number of likely N-dealkylation sites (N-methyl/N-ethyl adjacent to an activating group) is 1. The minimum atomic E-state index is -3.90. The standard InChI is InChI=1S/C20H25ClN2O5S/c1-5-23(29(25,26)15-10-11-19(28-4)17(21)12-15)13-20(24)22-14(2)16-8-6-7-9-18(16)27-3/h6-12,14H,5,13H2,1-4H3,(H,22,24)/t14-/m1/s1. The van der Waals surface area contributed by atoms with Crippen LogP contribution in [0.3, 0.4) is 0 Å². The molecule has 1 atom stereocenters. The summed E-state index contributed by atoms with van der Waals surface area (Å²) in [5.74, 6) is 0.596. The third kappa shape index (κ3) is 5.41. The lowest BCUT2D eigenvalue weighted by molar-refractivity contribution is -0.121. The summed E-state index contributed by atoms with van der Waals surface area (Å²) in [5.41, 5.74) is 0.802. The number of carbonyl (C=O) groups is 1. The van der Waals surface area contributed by atoms with E-state index in [1.54, 1.807) is 20.1 Å². The van der Waals surface area contributed by atoms with Crippen molar-refractivity contribution in [2.75, 3.05) is 27.3 Å². The average molecular weight is 441 g/mol. The van der Waals surface area contributed by atoms with Crippen LogP contribution in [-0.4, -0.2) is 45.9 Å². The molecule has 0 fully saturated rings. The van der Waals surface area contributed by atoms with E-state index in [2.05, 4.69) is 5.32 Å². The van der Waals surface area contributed by atoms with Crippen LogP contribution in [0.4, 0.5) is 0 Å². The number of nitrogens with zero attached hydrogens (tertiary/aromatic N) is 1. The normalized spacial score (nSPS) is 12.5. The average Bonchev–Trinajstić information content (AvgIpc) is 2.71. The van der Waals surface area contributed by atoms with Gasteiger partial charge in [0.2, 0.25) is 15.9 Å². The van der Waals surface area contributed by atoms with Crippen LogP contribution in [0, 0.1) is 0 Å². The van der Waals surface area contributed by atoms with Crippen molar-refractivity contribution < 1.29 is 22.7 Å². The van der Waals surface area contributed by atoms with Crippen molar-refractivity contribution in [3.8, 4) is 11.5 Å². The van der Waals surface area contributed by atoms with Gasteiger partial charge in [-0.25, -0.2) is 8.42 Å². The van der Waals surface area contributed by atoms with Crippen molar-refractivity contribution in [3.05, 3.63) is 53.1 Å². The summed E-state index contributed by atoms with van der Waals surface area (Å²) < 4.78 is 37.3. The minimum absolute atomic E-state index is 0.00396. The highest BCUT2D eigenvalue weighted by molar-refractivity contribution is 7.89. The maximum absolute atomic E-state index is 12.9. The van der Waals surface area contributed by atoms with E-state index in [0.717, 1.165) is 9.87 Å². The Labute approximate surface area is 176 Å². The first-order valence-electron chi connectivity index (χ1n) is 9.00. The lowest BCUT2D eigenvalue weighted by Gasteiger charge is -2.22. The second-order valence-corrected chi connectivity index (χ2v) is 8.60. The Balaban J connectivity index is 2.15. The predicted molar refractivity (Wildman–Crippen MR) is 112 cm³/mol. The van der Waals surface area contributed by atoms with E-state index in [0.29, 0.717) is 11.5 Å². The maximum Gasteiger partial charge on any atom is 0.243 e. The molecule has 1 N–H and O–H groups in total. The van der Waals surface area contributed by atoms with Crippen molar-refractivity contribution in [1.29, 1.82) is 0 Å². The Morgan fingerprint density at radius 1 is 1.14 bits per heavy atom. The molecule has 0 spiro atoms. The molecule has 2 aromatic rings. The number of sulfonamides is 1. The van der Waals surface area contributed by atoms with Gasteiger partial charge in [-0.05, 0) is 31.2 Å². The number of amides is 1. The summed E-state index contributed by atoms with van der Waals surface area (Å²) in [7, 11) is -0.899. The molecule has 0 radical (unpaired) electrons. The van der Waals surface area contributed by atoms with Crippen molar-refractivity contribution in [1.82, 2.24) is 9.62 Å². The molecule has 158 valence electrons. The number of methoxy groups -OCH3 is 2. The van der Waals surface area contributed by atoms with E-state index in [4.69, 9.17) is 21.1 Å². The summed E-state index contributed by atoms with van der Waals surface area (Å²) in [5, 5.41) is 3.00. The van der Waals surface area contributed by atoms with E-state index in [9.17, 15) is 13.2 Å². The highest BCUT2D eigenvalue weighted by Gasteiger charge is 2.27. The number of nitrogens with one attached hydrogen (secondary N) is 1. The van der Waals surface area contributed by atoms with Crippen LogP contribution in [0.5, 0.6) is 11.5 Å². The van der Waals surface area contributed by atoms with Gasteiger partial charge in [-0.3, -0.25) is 4.79 Å². The van der Waals surface area contributed by atoms with Crippen molar-refractivity contribution in [2.45, 2.75) is 24.8 Å². The van der Waals surface area contributed by atoms with E-state index >= 15 is 0 Å². The lowest BCUT2D eigenvalue weighted by Crippen LogP contribution is -2.41. The Hall–Kier alpha value is -2.29. The quantitative estimate of drug-likeness (QED) is 0.647. The van der Waals surface area contributed by atoms with Crippen molar-refractivity contribution in [2.24, 2.45) is 0 Å². The summed E-state index contributed by atoms with van der Waals surface area (Å²) >= 11 is 6.06. The van der Waals surface area contributed by atoms with Crippen molar-refractivity contribution >= 4 is 27.5 Å². The van der Waals surface area contributed by atoms with Gasteiger partial charge < -0.3 is 14.8 Å². The minimum Gasteiger partial charge on any atom is -0.496 e. The fraction of sp³-hybridized carbons (Fsp3) is 0.350. The van der Waals surface area contributed by atoms with Crippen LogP contribution in [0.15, 0.2) is 47.4 Å². The molecule has 2 aromatic carbocycles. The van der Waals surface area contributed by atoms with Gasteiger partial charge >= 0.3 is 0 Å². The fourth-order valence-electron chi connectivity index (χ4n) is 2.87. The highest BCUT2D eigenvalue weighted by Crippen LogP contribution is 2.28. The molecule has 0 bridgehead atoms. The molecule has 0 unspecified atom stereocenters. The molecule has 0 aliphatic rings. The molecule has 1 amide bonds. The molecule has 7 nitrogen and oxygen atoms in total. The zero-order valence-corrected chi connectivity index (χ0v) is 18.4. The highest BCUT2D eigenvalue weighted by atomic mass is 35.5. The number of ether oxygens (including phenoxy) is 2. The Bertz CT molecular complexity index is 965.